The van der Waals surface area contributed by atoms with Crippen molar-refractivity contribution in [3.05, 3.63) is 10.6 Å². The van der Waals surface area contributed by atoms with Crippen LogP contribution in [0.3, 0.4) is 0 Å². The smallest absolute Gasteiger partial charge is 0.263 e. The van der Waals surface area contributed by atoms with E-state index in [0.29, 0.717) is 10.6 Å². The maximum absolute atomic E-state index is 11.9. The third-order valence-corrected chi connectivity index (χ3v) is 3.53. The van der Waals surface area contributed by atoms with Gasteiger partial charge in [0.1, 0.15) is 4.88 Å². The Morgan fingerprint density at radius 3 is 2.33 bits per heavy atom. The van der Waals surface area contributed by atoms with Crippen molar-refractivity contribution in [1.82, 2.24) is 10.3 Å². The van der Waals surface area contributed by atoms with E-state index in [1.54, 1.807) is 6.92 Å². The number of carbonyl (C=O) groups excluding carboxylic acids is 1. The number of aromatic nitrogens is 1. The van der Waals surface area contributed by atoms with Crippen LogP contribution in [0.5, 0.6) is 0 Å². The molecule has 0 bridgehead atoms. The lowest BCUT2D eigenvalue weighted by atomic mass is 10.1. The second-order valence-electron chi connectivity index (χ2n) is 5.01. The van der Waals surface area contributed by atoms with Crippen LogP contribution in [0.15, 0.2) is 0 Å². The van der Waals surface area contributed by atoms with Crippen molar-refractivity contribution in [3.8, 4) is 0 Å². The van der Waals surface area contributed by atoms with E-state index in [9.17, 15) is 13.2 Å². The van der Waals surface area contributed by atoms with Gasteiger partial charge < -0.3 is 5.32 Å². The third-order valence-electron chi connectivity index (χ3n) is 1.76. The first kappa shape index (κ1) is 14.9. The molecule has 0 atom stereocenters. The first-order valence-electron chi connectivity index (χ1n) is 5.26. The van der Waals surface area contributed by atoms with Crippen molar-refractivity contribution in [2.24, 2.45) is 0 Å². The zero-order valence-corrected chi connectivity index (χ0v) is 12.6. The molecule has 0 saturated heterocycles. The number of aryl methyl sites for hydroxylation is 1. The minimum atomic E-state index is -3.38. The Labute approximate surface area is 111 Å². The highest BCUT2D eigenvalue weighted by molar-refractivity contribution is 7.92. The van der Waals surface area contributed by atoms with Crippen molar-refractivity contribution in [1.29, 1.82) is 0 Å². The maximum atomic E-state index is 11.9. The highest BCUT2D eigenvalue weighted by Gasteiger charge is 2.21. The molecule has 1 amide bonds. The molecule has 6 nitrogen and oxygen atoms in total. The van der Waals surface area contributed by atoms with E-state index >= 15 is 0 Å². The van der Waals surface area contributed by atoms with Crippen LogP contribution in [0.2, 0.25) is 0 Å². The van der Waals surface area contributed by atoms with Crippen molar-refractivity contribution in [2.75, 3.05) is 11.0 Å². The number of rotatable bonds is 3. The fraction of sp³-hybridized carbons (Fsp3) is 0.600. The molecule has 8 heteroatoms. The van der Waals surface area contributed by atoms with Gasteiger partial charge in [-0.15, -0.1) is 0 Å². The van der Waals surface area contributed by atoms with Crippen LogP contribution < -0.4 is 10.0 Å². The molecule has 0 radical (unpaired) electrons. The normalized spacial score (nSPS) is 12.3. The first-order valence-corrected chi connectivity index (χ1v) is 7.96. The highest BCUT2D eigenvalue weighted by atomic mass is 32.2. The number of nitrogens with zero attached hydrogens (tertiary/aromatic N) is 1. The number of amides is 1. The van der Waals surface area contributed by atoms with Crippen molar-refractivity contribution in [3.63, 3.8) is 0 Å². The minimum Gasteiger partial charge on any atom is -0.347 e. The zero-order valence-electron chi connectivity index (χ0n) is 11.0. The highest BCUT2D eigenvalue weighted by Crippen LogP contribution is 2.23. The van der Waals surface area contributed by atoms with Gasteiger partial charge in [0, 0.05) is 5.54 Å². The van der Waals surface area contributed by atoms with E-state index in [4.69, 9.17) is 0 Å². The van der Waals surface area contributed by atoms with Gasteiger partial charge in [-0.3, -0.25) is 9.52 Å². The summed E-state index contributed by atoms with van der Waals surface area (Å²) in [5.74, 6) is -0.251. The van der Waals surface area contributed by atoms with Crippen molar-refractivity contribution in [2.45, 2.75) is 33.2 Å². The number of anilines is 1. The molecular weight excluding hydrogens is 274 g/mol. The van der Waals surface area contributed by atoms with Gasteiger partial charge >= 0.3 is 0 Å². The molecule has 0 spiro atoms. The fourth-order valence-corrected chi connectivity index (χ4v) is 2.90. The lowest BCUT2D eigenvalue weighted by Gasteiger charge is -2.19. The summed E-state index contributed by atoms with van der Waals surface area (Å²) >= 11 is 1.02. The summed E-state index contributed by atoms with van der Waals surface area (Å²) in [6.07, 6.45) is 1.04. The van der Waals surface area contributed by atoms with Gasteiger partial charge in [0.05, 0.1) is 11.9 Å². The second kappa shape index (κ2) is 4.85. The minimum absolute atomic E-state index is 0.203. The van der Waals surface area contributed by atoms with Crippen LogP contribution in [0.4, 0.5) is 5.13 Å². The van der Waals surface area contributed by atoms with Gasteiger partial charge in [-0.25, -0.2) is 13.4 Å². The van der Waals surface area contributed by atoms with Crippen molar-refractivity contribution >= 4 is 32.4 Å². The molecule has 102 valence electrons. The molecule has 1 rings (SSSR count). The van der Waals surface area contributed by atoms with Crippen LogP contribution >= 0.6 is 11.3 Å². The number of hydrogen-bond donors (Lipinski definition) is 2. The van der Waals surface area contributed by atoms with Gasteiger partial charge in [-0.1, -0.05) is 11.3 Å². The van der Waals surface area contributed by atoms with E-state index in [1.807, 2.05) is 20.8 Å². The number of thiazole rings is 1. The summed E-state index contributed by atoms with van der Waals surface area (Å²) in [7, 11) is -3.38. The summed E-state index contributed by atoms with van der Waals surface area (Å²) in [6, 6.07) is 0. The van der Waals surface area contributed by atoms with E-state index in [-0.39, 0.29) is 16.6 Å². The summed E-state index contributed by atoms with van der Waals surface area (Å²) in [5.41, 5.74) is 0.158. The largest absolute Gasteiger partial charge is 0.347 e. The van der Waals surface area contributed by atoms with Crippen molar-refractivity contribution < 1.29 is 13.2 Å². The average molecular weight is 291 g/mol. The molecule has 0 aliphatic rings. The van der Waals surface area contributed by atoms with Crippen LogP contribution in [0.1, 0.15) is 36.1 Å². The third kappa shape index (κ3) is 4.61. The first-order chi connectivity index (χ1) is 7.98. The predicted octanol–water partition coefficient (Wildman–Crippen LogP) is 1.35. The quantitative estimate of drug-likeness (QED) is 0.880. The Balaban J connectivity index is 2.95. The van der Waals surface area contributed by atoms with E-state index in [1.165, 1.54) is 0 Å². The summed E-state index contributed by atoms with van der Waals surface area (Å²) in [6.45, 7) is 7.28. The molecule has 0 fully saturated rings. The summed E-state index contributed by atoms with van der Waals surface area (Å²) in [5, 5.41) is 3.01. The number of carbonyl (C=O) groups is 1. The Morgan fingerprint density at radius 2 is 1.89 bits per heavy atom. The molecule has 0 aromatic carbocycles. The Hall–Kier alpha value is -1.15. The topological polar surface area (TPSA) is 88.2 Å². The van der Waals surface area contributed by atoms with Gasteiger partial charge in [-0.05, 0) is 27.7 Å². The summed E-state index contributed by atoms with van der Waals surface area (Å²) < 4.78 is 24.4. The lowest BCUT2D eigenvalue weighted by molar-refractivity contribution is 0.0923. The molecule has 2 N–H and O–H groups in total. The number of sulfonamides is 1. The maximum Gasteiger partial charge on any atom is 0.263 e. The monoisotopic (exact) mass is 291 g/mol. The molecule has 0 unspecified atom stereocenters. The van der Waals surface area contributed by atoms with E-state index in [0.717, 1.165) is 17.6 Å². The molecule has 0 aliphatic carbocycles. The molecule has 1 heterocycles. The standard InChI is InChI=1S/C10H17N3O3S2/c1-6-7(8(14)12-10(2,3)4)17-9(11-6)13-18(5,15)16/h1-5H3,(H,11,13)(H,12,14). The molecule has 0 aliphatic heterocycles. The van der Waals surface area contributed by atoms with Crippen LogP contribution in [0, 0.1) is 6.92 Å². The number of nitrogens with one attached hydrogen (secondary N) is 2. The Kier molecular flexibility index (Phi) is 4.02. The van der Waals surface area contributed by atoms with Gasteiger partial charge in [0.15, 0.2) is 5.13 Å². The van der Waals surface area contributed by atoms with E-state index < -0.39 is 10.0 Å². The Bertz CT molecular complexity index is 555. The number of hydrogen-bond acceptors (Lipinski definition) is 5. The van der Waals surface area contributed by atoms with Crippen LogP contribution in [0.25, 0.3) is 0 Å². The van der Waals surface area contributed by atoms with Gasteiger partial charge in [0.25, 0.3) is 5.91 Å². The molecule has 1 aromatic rings. The molecular formula is C10H17N3O3S2. The predicted molar refractivity (Wildman–Crippen MR) is 72.5 cm³/mol. The van der Waals surface area contributed by atoms with Gasteiger partial charge in [-0.2, -0.15) is 0 Å². The fourth-order valence-electron chi connectivity index (χ4n) is 1.21. The van der Waals surface area contributed by atoms with Crippen LogP contribution in [-0.4, -0.2) is 31.1 Å². The van der Waals surface area contributed by atoms with Crippen LogP contribution in [-0.2, 0) is 10.0 Å². The Morgan fingerprint density at radius 1 is 1.33 bits per heavy atom. The zero-order chi connectivity index (χ0) is 14.1. The summed E-state index contributed by atoms with van der Waals surface area (Å²) in [4.78, 5) is 16.4. The van der Waals surface area contributed by atoms with E-state index in [2.05, 4.69) is 15.0 Å². The molecule has 1 aromatic heterocycles. The molecule has 18 heavy (non-hydrogen) atoms. The lowest BCUT2D eigenvalue weighted by Crippen LogP contribution is -2.40. The average Bonchev–Trinajstić information content (AvgIpc) is 2.39. The molecule has 0 saturated carbocycles. The SMILES string of the molecule is Cc1nc(NS(C)(=O)=O)sc1C(=O)NC(C)(C)C. The second-order valence-corrected chi connectivity index (χ2v) is 7.76. The van der Waals surface area contributed by atoms with Gasteiger partial charge in [0.2, 0.25) is 10.0 Å².